The molecule has 6 heteroatoms. The number of carbonyl (C=O) groups excluding carboxylic acids is 2. The molecule has 0 spiro atoms. The zero-order valence-corrected chi connectivity index (χ0v) is 10.0. The second kappa shape index (κ2) is 4.12. The van der Waals surface area contributed by atoms with Gasteiger partial charge in [0.15, 0.2) is 0 Å². The van der Waals surface area contributed by atoms with E-state index in [0.29, 0.717) is 0 Å². The van der Waals surface area contributed by atoms with Crippen LogP contribution in [0.15, 0.2) is 12.1 Å². The highest BCUT2D eigenvalue weighted by Crippen LogP contribution is 2.06. The summed E-state index contributed by atoms with van der Waals surface area (Å²) in [5.74, 6) is 0. The lowest BCUT2D eigenvalue weighted by molar-refractivity contribution is 0.230. The number of carbonyl (C=O) groups is 2. The number of rotatable bonds is 1. The minimum atomic E-state index is -0.474. The maximum absolute atomic E-state index is 11.3. The molecule has 0 saturated carbocycles. The molecule has 1 aliphatic heterocycles. The Labute approximate surface area is 100 Å². The first-order valence-corrected chi connectivity index (χ1v) is 5.43. The highest BCUT2D eigenvalue weighted by Gasteiger charge is 2.31. The van der Waals surface area contributed by atoms with Gasteiger partial charge in [0.2, 0.25) is 0 Å². The van der Waals surface area contributed by atoms with Crippen molar-refractivity contribution in [2.45, 2.75) is 20.8 Å². The highest BCUT2D eigenvalue weighted by atomic mass is 16.2. The Balaban J connectivity index is 2.40. The van der Waals surface area contributed by atoms with Gasteiger partial charge in [0, 0.05) is 0 Å². The van der Waals surface area contributed by atoms with Crippen LogP contribution in [-0.2, 0) is 0 Å². The summed E-state index contributed by atoms with van der Waals surface area (Å²) in [5.41, 5.74) is 4.21. The smallest absolute Gasteiger partial charge is 0.357 e. The molecule has 1 fully saturated rings. The largest absolute Gasteiger partial charge is 0.413 e. The molecule has 2 rings (SSSR count). The fourth-order valence-corrected chi connectivity index (χ4v) is 2.26. The van der Waals surface area contributed by atoms with Gasteiger partial charge in [-0.3, -0.25) is 5.32 Å². The summed E-state index contributed by atoms with van der Waals surface area (Å²) in [5, 5.41) is 7.49. The SMILES string of the molecule is Cc1cc(C)c(B2NC(=O)NC(=O)N2)c(C)c1. The normalized spacial score (nSPS) is 15.1. The van der Waals surface area contributed by atoms with Gasteiger partial charge in [0.25, 0.3) is 0 Å². The predicted octanol–water partition coefficient (Wildman–Crippen LogP) is 0.329. The van der Waals surface area contributed by atoms with E-state index in [1.807, 2.05) is 32.9 Å². The summed E-state index contributed by atoms with van der Waals surface area (Å²) in [6.45, 7) is 5.49. The number of aryl methyl sites for hydroxylation is 3. The van der Waals surface area contributed by atoms with Crippen molar-refractivity contribution in [3.63, 3.8) is 0 Å². The second-order valence-electron chi connectivity index (χ2n) is 4.32. The van der Waals surface area contributed by atoms with E-state index in [9.17, 15) is 9.59 Å². The molecule has 0 bridgehead atoms. The average Bonchev–Trinajstić information content (AvgIpc) is 2.13. The minimum Gasteiger partial charge on any atom is -0.357 e. The Hall–Kier alpha value is -1.98. The van der Waals surface area contributed by atoms with Crippen LogP contribution in [0.3, 0.4) is 0 Å². The van der Waals surface area contributed by atoms with Crippen molar-refractivity contribution >= 4 is 24.5 Å². The van der Waals surface area contributed by atoms with Gasteiger partial charge in [-0.25, -0.2) is 9.59 Å². The number of nitrogens with one attached hydrogen (secondary N) is 3. The molecule has 0 radical (unpaired) electrons. The van der Waals surface area contributed by atoms with Gasteiger partial charge in [0.1, 0.15) is 0 Å². The van der Waals surface area contributed by atoms with Crippen LogP contribution in [0.25, 0.3) is 0 Å². The van der Waals surface area contributed by atoms with E-state index in [0.717, 1.165) is 22.2 Å². The molecule has 4 amide bonds. The van der Waals surface area contributed by atoms with Crippen molar-refractivity contribution in [3.05, 3.63) is 28.8 Å². The third kappa shape index (κ3) is 2.25. The second-order valence-corrected chi connectivity index (χ2v) is 4.32. The third-order valence-electron chi connectivity index (χ3n) is 2.80. The van der Waals surface area contributed by atoms with Crippen LogP contribution < -0.4 is 21.2 Å². The molecule has 1 aromatic rings. The van der Waals surface area contributed by atoms with E-state index in [1.165, 1.54) is 0 Å². The minimum absolute atomic E-state index is 0.461. The van der Waals surface area contributed by atoms with Crippen LogP contribution in [0.5, 0.6) is 0 Å². The van der Waals surface area contributed by atoms with Crippen molar-refractivity contribution in [3.8, 4) is 0 Å². The quantitative estimate of drug-likeness (QED) is 0.609. The monoisotopic (exact) mass is 231 g/mol. The number of benzene rings is 1. The molecule has 0 unspecified atom stereocenters. The topological polar surface area (TPSA) is 70.2 Å². The molecule has 3 N–H and O–H groups in total. The number of hydrogen-bond donors (Lipinski definition) is 3. The predicted molar refractivity (Wildman–Crippen MR) is 66.2 cm³/mol. The Morgan fingerprint density at radius 1 is 0.941 bits per heavy atom. The van der Waals surface area contributed by atoms with E-state index >= 15 is 0 Å². The first kappa shape index (κ1) is 11.5. The van der Waals surface area contributed by atoms with Crippen LogP contribution in [0, 0.1) is 20.8 Å². The molecule has 5 nitrogen and oxygen atoms in total. The molecule has 1 heterocycles. The van der Waals surface area contributed by atoms with Crippen LogP contribution in [0.4, 0.5) is 9.59 Å². The molecule has 1 saturated heterocycles. The lowest BCUT2D eigenvalue weighted by atomic mass is 9.63. The lowest BCUT2D eigenvalue weighted by Crippen LogP contribution is -2.70. The molecule has 88 valence electrons. The summed E-state index contributed by atoms with van der Waals surface area (Å²) >= 11 is 0. The molecule has 0 aromatic heterocycles. The van der Waals surface area contributed by atoms with Gasteiger partial charge in [-0.05, 0) is 26.2 Å². The Morgan fingerprint density at radius 2 is 1.41 bits per heavy atom. The van der Waals surface area contributed by atoms with E-state index in [1.54, 1.807) is 0 Å². The fourth-order valence-electron chi connectivity index (χ4n) is 2.26. The molecular formula is C11H14BN3O2. The van der Waals surface area contributed by atoms with E-state index in [-0.39, 0.29) is 0 Å². The van der Waals surface area contributed by atoms with Gasteiger partial charge >= 0.3 is 19.0 Å². The maximum Gasteiger partial charge on any atom is 0.413 e. The third-order valence-corrected chi connectivity index (χ3v) is 2.80. The maximum atomic E-state index is 11.3. The van der Waals surface area contributed by atoms with E-state index in [4.69, 9.17) is 0 Å². The first-order valence-electron chi connectivity index (χ1n) is 5.43. The molecule has 0 aliphatic carbocycles. The van der Waals surface area contributed by atoms with Crippen molar-refractivity contribution in [2.24, 2.45) is 0 Å². The van der Waals surface area contributed by atoms with Crippen molar-refractivity contribution in [1.82, 2.24) is 15.8 Å². The Bertz CT molecular complexity index is 462. The van der Waals surface area contributed by atoms with Crippen LogP contribution in [-0.4, -0.2) is 19.0 Å². The van der Waals surface area contributed by atoms with Crippen molar-refractivity contribution in [2.75, 3.05) is 0 Å². The standard InChI is InChI=1S/C11H14BN3O2/c1-6-4-7(2)9(8(3)5-6)12-14-10(16)13-11(17)15-12/h4-5H,1-3H3,(H3,13,14,15,16,17). The van der Waals surface area contributed by atoms with Gasteiger partial charge < -0.3 is 10.5 Å². The van der Waals surface area contributed by atoms with Gasteiger partial charge in [-0.2, -0.15) is 0 Å². The van der Waals surface area contributed by atoms with Crippen LogP contribution >= 0.6 is 0 Å². The molecule has 1 aromatic carbocycles. The highest BCUT2D eigenvalue weighted by molar-refractivity contribution is 6.74. The zero-order chi connectivity index (χ0) is 12.6. The van der Waals surface area contributed by atoms with Gasteiger partial charge in [0.05, 0.1) is 0 Å². The van der Waals surface area contributed by atoms with Crippen LogP contribution in [0.2, 0.25) is 0 Å². The fraction of sp³-hybridized carbons (Fsp3) is 0.273. The molecule has 1 aliphatic rings. The van der Waals surface area contributed by atoms with Crippen molar-refractivity contribution < 1.29 is 9.59 Å². The number of imide groups is 1. The summed E-state index contributed by atoms with van der Waals surface area (Å²) in [6.07, 6.45) is 0. The zero-order valence-electron chi connectivity index (χ0n) is 10.0. The summed E-state index contributed by atoms with van der Waals surface area (Å²) in [6, 6.07) is 3.11. The van der Waals surface area contributed by atoms with E-state index in [2.05, 4.69) is 15.8 Å². The van der Waals surface area contributed by atoms with Gasteiger partial charge in [-0.1, -0.05) is 28.8 Å². The summed E-state index contributed by atoms with van der Waals surface area (Å²) < 4.78 is 0. The van der Waals surface area contributed by atoms with E-state index < -0.39 is 19.0 Å². The molecule has 0 atom stereocenters. The molecule has 17 heavy (non-hydrogen) atoms. The molecular weight excluding hydrogens is 217 g/mol. The summed E-state index contributed by atoms with van der Waals surface area (Å²) in [4.78, 5) is 22.5. The van der Waals surface area contributed by atoms with Crippen molar-refractivity contribution in [1.29, 1.82) is 0 Å². The van der Waals surface area contributed by atoms with Crippen LogP contribution in [0.1, 0.15) is 16.7 Å². The number of amides is 4. The lowest BCUT2D eigenvalue weighted by Gasteiger charge is -2.24. The summed E-state index contributed by atoms with van der Waals surface area (Å²) in [7, 11) is 0. The van der Waals surface area contributed by atoms with Gasteiger partial charge in [-0.15, -0.1) is 0 Å². The number of urea groups is 2. The number of hydrogen-bond acceptors (Lipinski definition) is 2. The first-order chi connectivity index (χ1) is 7.97. The Morgan fingerprint density at radius 3 is 1.88 bits per heavy atom. The Kier molecular flexibility index (Phi) is 2.79. The average molecular weight is 231 g/mol.